The number of benzene rings is 1. The number of nitrogens with zero attached hydrogens (tertiary/aromatic N) is 5. The molecule has 2 heterocycles. The van der Waals surface area contributed by atoms with Crippen molar-refractivity contribution in [3.63, 3.8) is 0 Å². The summed E-state index contributed by atoms with van der Waals surface area (Å²) in [7, 11) is 1.66. The summed E-state index contributed by atoms with van der Waals surface area (Å²) in [5, 5.41) is 7.59. The second-order valence-electron chi connectivity index (χ2n) is 5.10. The average Bonchev–Trinajstić information content (AvgIpc) is 2.91. The van der Waals surface area contributed by atoms with Gasteiger partial charge in [0, 0.05) is 7.05 Å². The fourth-order valence-corrected chi connectivity index (χ4v) is 2.51. The van der Waals surface area contributed by atoms with Crippen molar-refractivity contribution in [2.24, 2.45) is 7.05 Å². The Hall–Kier alpha value is -2.71. The quantitative estimate of drug-likeness (QED) is 0.725. The van der Waals surface area contributed by atoms with E-state index in [0.717, 1.165) is 4.57 Å². The topological polar surface area (TPSA) is 65.6 Å². The maximum Gasteiger partial charge on any atom is 0.438 e. The van der Waals surface area contributed by atoms with E-state index >= 15 is 0 Å². The van der Waals surface area contributed by atoms with Crippen molar-refractivity contribution >= 4 is 11.0 Å². The largest absolute Gasteiger partial charge is 0.438 e. The van der Waals surface area contributed by atoms with E-state index in [1.165, 1.54) is 12.4 Å². The summed E-state index contributed by atoms with van der Waals surface area (Å²) in [6, 6.07) is 5.46. The Kier molecular flexibility index (Phi) is 3.42. The molecule has 0 saturated heterocycles. The molecule has 2 aromatic heterocycles. The molecule has 0 N–H and O–H groups in total. The van der Waals surface area contributed by atoms with Crippen molar-refractivity contribution in [3.8, 4) is 0 Å². The summed E-state index contributed by atoms with van der Waals surface area (Å²) in [4.78, 5) is 15.9. The van der Waals surface area contributed by atoms with Crippen LogP contribution in [0.5, 0.6) is 0 Å². The van der Waals surface area contributed by atoms with Gasteiger partial charge in [0.2, 0.25) is 5.69 Å². The molecule has 0 spiro atoms. The molecular weight excluding hydrogens is 311 g/mol. The van der Waals surface area contributed by atoms with Gasteiger partial charge in [0.1, 0.15) is 6.33 Å². The molecule has 0 saturated carbocycles. The van der Waals surface area contributed by atoms with Crippen molar-refractivity contribution in [2.75, 3.05) is 0 Å². The standard InChI is InChI=1S/C14H12F3N5O/c1-8(12-20-18-7-21(12)2)22-10-6-4-3-5-9(10)19-11(13(22)23)14(15,16)17/h3-8H,1-2H3. The zero-order chi connectivity index (χ0) is 16.8. The third-order valence-electron chi connectivity index (χ3n) is 3.57. The predicted octanol–water partition coefficient (Wildman–Crippen LogP) is 2.15. The highest BCUT2D eigenvalue weighted by molar-refractivity contribution is 5.75. The van der Waals surface area contributed by atoms with E-state index in [1.807, 2.05) is 0 Å². The first-order valence-electron chi connectivity index (χ1n) is 6.73. The maximum atomic E-state index is 13.1. The fourth-order valence-electron chi connectivity index (χ4n) is 2.51. The number of halogens is 3. The summed E-state index contributed by atoms with van der Waals surface area (Å²) < 4.78 is 42.0. The molecule has 0 amide bonds. The molecule has 0 aliphatic heterocycles. The lowest BCUT2D eigenvalue weighted by atomic mass is 10.2. The number of aryl methyl sites for hydroxylation is 1. The normalized spacial score (nSPS) is 13.4. The summed E-state index contributed by atoms with van der Waals surface area (Å²) in [5.74, 6) is 0.372. The van der Waals surface area contributed by atoms with Crippen LogP contribution in [-0.4, -0.2) is 24.3 Å². The second kappa shape index (κ2) is 5.18. The molecular formula is C14H12F3N5O. The first kappa shape index (κ1) is 15.2. The number of hydrogen-bond donors (Lipinski definition) is 0. The molecule has 120 valence electrons. The number of rotatable bonds is 2. The first-order valence-corrected chi connectivity index (χ1v) is 6.73. The lowest BCUT2D eigenvalue weighted by molar-refractivity contribution is -0.142. The van der Waals surface area contributed by atoms with Gasteiger partial charge in [-0.25, -0.2) is 4.98 Å². The Morgan fingerprint density at radius 2 is 1.91 bits per heavy atom. The number of fused-ring (bicyclic) bond motifs is 1. The van der Waals surface area contributed by atoms with Gasteiger partial charge in [-0.3, -0.25) is 9.36 Å². The zero-order valence-electron chi connectivity index (χ0n) is 12.2. The molecule has 9 heteroatoms. The monoisotopic (exact) mass is 323 g/mol. The highest BCUT2D eigenvalue weighted by atomic mass is 19.4. The Morgan fingerprint density at radius 3 is 2.52 bits per heavy atom. The van der Waals surface area contributed by atoms with Crippen molar-refractivity contribution in [1.29, 1.82) is 0 Å². The average molecular weight is 323 g/mol. The van der Waals surface area contributed by atoms with E-state index in [9.17, 15) is 18.0 Å². The van der Waals surface area contributed by atoms with Crippen LogP contribution in [0.15, 0.2) is 35.4 Å². The minimum Gasteiger partial charge on any atom is -0.319 e. The molecule has 0 fully saturated rings. The summed E-state index contributed by atoms with van der Waals surface area (Å²) in [6.45, 7) is 1.60. The first-order chi connectivity index (χ1) is 10.8. The molecule has 3 rings (SSSR count). The molecule has 0 aliphatic rings. The van der Waals surface area contributed by atoms with E-state index in [2.05, 4.69) is 15.2 Å². The minimum absolute atomic E-state index is 0.0912. The Bertz CT molecular complexity index is 928. The van der Waals surface area contributed by atoms with Crippen molar-refractivity contribution in [3.05, 3.63) is 52.5 Å². The lowest BCUT2D eigenvalue weighted by Gasteiger charge is -2.18. The van der Waals surface area contributed by atoms with Crippen LogP contribution in [0.3, 0.4) is 0 Å². The summed E-state index contributed by atoms with van der Waals surface area (Å²) in [6.07, 6.45) is -3.41. The fraction of sp³-hybridized carbons (Fsp3) is 0.286. The molecule has 0 aliphatic carbocycles. The number of alkyl halides is 3. The van der Waals surface area contributed by atoms with E-state index in [1.54, 1.807) is 36.7 Å². The van der Waals surface area contributed by atoms with Gasteiger partial charge < -0.3 is 4.57 Å². The van der Waals surface area contributed by atoms with Crippen LogP contribution < -0.4 is 5.56 Å². The van der Waals surface area contributed by atoms with Gasteiger partial charge in [0.25, 0.3) is 5.56 Å². The summed E-state index contributed by atoms with van der Waals surface area (Å²) >= 11 is 0. The third kappa shape index (κ3) is 2.47. The molecule has 1 aromatic carbocycles. The molecule has 1 atom stereocenters. The Balaban J connectivity index is 2.37. The van der Waals surface area contributed by atoms with Crippen molar-refractivity contribution < 1.29 is 13.2 Å². The van der Waals surface area contributed by atoms with Gasteiger partial charge >= 0.3 is 6.18 Å². The third-order valence-corrected chi connectivity index (χ3v) is 3.57. The summed E-state index contributed by atoms with van der Waals surface area (Å²) in [5.41, 5.74) is -2.24. The van der Waals surface area contributed by atoms with Crippen molar-refractivity contribution in [1.82, 2.24) is 24.3 Å². The van der Waals surface area contributed by atoms with Crippen LogP contribution >= 0.6 is 0 Å². The number of aromatic nitrogens is 5. The highest BCUT2D eigenvalue weighted by Crippen LogP contribution is 2.28. The molecule has 23 heavy (non-hydrogen) atoms. The van der Waals surface area contributed by atoms with Crippen LogP contribution in [0, 0.1) is 0 Å². The molecule has 6 nitrogen and oxygen atoms in total. The van der Waals surface area contributed by atoms with Gasteiger partial charge in [0.15, 0.2) is 5.82 Å². The van der Waals surface area contributed by atoms with Crippen LogP contribution in [0.4, 0.5) is 13.2 Å². The Morgan fingerprint density at radius 1 is 1.22 bits per heavy atom. The molecule has 0 radical (unpaired) electrons. The van der Waals surface area contributed by atoms with Gasteiger partial charge in [-0.2, -0.15) is 13.2 Å². The molecule has 1 unspecified atom stereocenters. The second-order valence-corrected chi connectivity index (χ2v) is 5.10. The van der Waals surface area contributed by atoms with Gasteiger partial charge in [-0.1, -0.05) is 12.1 Å². The molecule has 0 bridgehead atoms. The number of para-hydroxylation sites is 2. The van der Waals surface area contributed by atoms with E-state index in [4.69, 9.17) is 0 Å². The molecule has 3 aromatic rings. The van der Waals surface area contributed by atoms with Crippen LogP contribution in [0.1, 0.15) is 24.5 Å². The highest BCUT2D eigenvalue weighted by Gasteiger charge is 2.38. The Labute approximate surface area is 128 Å². The van der Waals surface area contributed by atoms with Crippen LogP contribution in [0.2, 0.25) is 0 Å². The van der Waals surface area contributed by atoms with Crippen molar-refractivity contribution in [2.45, 2.75) is 19.1 Å². The number of hydrogen-bond acceptors (Lipinski definition) is 4. The van der Waals surface area contributed by atoms with E-state index in [0.29, 0.717) is 11.3 Å². The maximum absolute atomic E-state index is 13.1. The van der Waals surface area contributed by atoms with Crippen LogP contribution in [-0.2, 0) is 13.2 Å². The SMILES string of the molecule is CC(c1nncn1C)n1c(=O)c(C(F)(F)F)nc2ccccc21. The van der Waals surface area contributed by atoms with E-state index in [-0.39, 0.29) is 5.52 Å². The lowest BCUT2D eigenvalue weighted by Crippen LogP contribution is -2.33. The van der Waals surface area contributed by atoms with Gasteiger partial charge in [-0.15, -0.1) is 10.2 Å². The predicted molar refractivity (Wildman–Crippen MR) is 75.8 cm³/mol. The minimum atomic E-state index is -4.83. The van der Waals surface area contributed by atoms with Crippen LogP contribution in [0.25, 0.3) is 11.0 Å². The van der Waals surface area contributed by atoms with Gasteiger partial charge in [-0.05, 0) is 19.1 Å². The zero-order valence-corrected chi connectivity index (χ0v) is 12.2. The van der Waals surface area contributed by atoms with E-state index < -0.39 is 23.5 Å². The van der Waals surface area contributed by atoms with Gasteiger partial charge in [0.05, 0.1) is 17.1 Å². The smallest absolute Gasteiger partial charge is 0.319 e.